The number of sulfone groups is 1. The number of hydroxylamine groups is 1. The molecule has 7 nitrogen and oxygen atoms in total. The van der Waals surface area contributed by atoms with Gasteiger partial charge in [0.15, 0.2) is 19.6 Å². The zero-order valence-corrected chi connectivity index (χ0v) is 21.8. The van der Waals surface area contributed by atoms with Gasteiger partial charge in [-0.15, -0.1) is 0 Å². The van der Waals surface area contributed by atoms with Crippen molar-refractivity contribution >= 4 is 43.1 Å². The summed E-state index contributed by atoms with van der Waals surface area (Å²) >= 11 is 13.0. The van der Waals surface area contributed by atoms with E-state index in [9.17, 15) is 16.8 Å². The highest BCUT2D eigenvalue weighted by Gasteiger charge is 2.97. The molecule has 0 amide bonds. The number of rotatable bonds is 0. The SMILES string of the molecule is CC1(C)C2CCC13CS(=O)(=O)C1OC13C2.CC1(C)C2CCC13CS(=O)(=O)N1OC13C2(Cl)Cl. The van der Waals surface area contributed by atoms with Crippen LogP contribution in [-0.2, 0) is 29.4 Å². The van der Waals surface area contributed by atoms with E-state index in [1.807, 2.05) is 0 Å². The third kappa shape index (κ3) is 1.75. The van der Waals surface area contributed by atoms with Crippen LogP contribution in [0.2, 0.25) is 0 Å². The highest BCUT2D eigenvalue weighted by molar-refractivity contribution is 7.92. The number of epoxide rings is 1. The Kier molecular flexibility index (Phi) is 3.44. The summed E-state index contributed by atoms with van der Waals surface area (Å²) in [6.45, 7) is 8.64. The third-order valence-electron chi connectivity index (χ3n) is 11.6. The lowest BCUT2D eigenvalue weighted by molar-refractivity contribution is 0.0704. The van der Waals surface area contributed by atoms with Gasteiger partial charge in [0, 0.05) is 16.7 Å². The van der Waals surface area contributed by atoms with Gasteiger partial charge in [-0.05, 0) is 53.3 Å². The number of nitrogens with zero attached hydrogens (tertiary/aromatic N) is 1. The topological polar surface area (TPSA) is 96.4 Å². The van der Waals surface area contributed by atoms with Gasteiger partial charge in [0.25, 0.3) is 0 Å². The number of hydrogen-bond donors (Lipinski definition) is 0. The first-order chi connectivity index (χ1) is 14.5. The first-order valence-electron chi connectivity index (χ1n) is 11.5. The van der Waals surface area contributed by atoms with Crippen LogP contribution in [0.3, 0.4) is 0 Å². The monoisotopic (exact) mass is 525 g/mol. The molecule has 4 aliphatic heterocycles. The van der Waals surface area contributed by atoms with Gasteiger partial charge in [0.05, 0.1) is 11.5 Å². The van der Waals surface area contributed by atoms with E-state index in [-0.39, 0.29) is 33.5 Å². The number of sulfonamides is 1. The Morgan fingerprint density at radius 1 is 0.906 bits per heavy atom. The molecule has 0 aromatic heterocycles. The molecule has 32 heavy (non-hydrogen) atoms. The molecule has 8 fully saturated rings. The summed E-state index contributed by atoms with van der Waals surface area (Å²) in [6.07, 6.45) is 4.93. The van der Waals surface area contributed by atoms with Gasteiger partial charge in [-0.2, -0.15) is 0 Å². The minimum Gasteiger partial charge on any atom is -0.348 e. The first-order valence-corrected chi connectivity index (χ1v) is 15.6. The summed E-state index contributed by atoms with van der Waals surface area (Å²) in [4.78, 5) is 5.44. The van der Waals surface area contributed by atoms with Crippen LogP contribution in [0, 0.1) is 33.5 Å². The molecule has 8 atom stereocenters. The van der Waals surface area contributed by atoms with Gasteiger partial charge in [-0.25, -0.2) is 16.8 Å². The Hall–Kier alpha value is 0.360. The summed E-state index contributed by atoms with van der Waals surface area (Å²) in [6, 6.07) is 0. The van der Waals surface area contributed by atoms with Crippen molar-refractivity contribution in [2.75, 3.05) is 11.5 Å². The molecule has 4 spiro atoms. The number of alkyl halides is 2. The summed E-state index contributed by atoms with van der Waals surface area (Å²) in [7, 11) is -6.32. The normalized spacial score (nSPS) is 60.1. The predicted octanol–water partition coefficient (Wildman–Crippen LogP) is 3.22. The Balaban J connectivity index is 0.000000114. The van der Waals surface area contributed by atoms with Crippen molar-refractivity contribution in [3.63, 3.8) is 0 Å². The van der Waals surface area contributed by atoms with Crippen LogP contribution in [0.1, 0.15) is 59.8 Å². The van der Waals surface area contributed by atoms with Crippen LogP contribution >= 0.6 is 23.2 Å². The standard InChI is InChI=1S/C11H16O3S.C10H13Cl2NO3S/c1-9(2)7-3-4-10(9)6-15(12,13)8-11(10,5-7)14-8;1-7(2)6-3-4-8(7)5-17(14,15)13-10(8,16-13)9(6,11)12/h7-8H,3-6H2,1-2H3;6H,3-5H2,1-2H3. The number of ether oxygens (including phenoxy) is 1. The molecule has 4 bridgehead atoms. The average Bonchev–Trinajstić information content (AvgIpc) is 3.47. The lowest BCUT2D eigenvalue weighted by Crippen LogP contribution is -2.48. The molecule has 0 aromatic rings. The maximum atomic E-state index is 12.1. The molecular weight excluding hydrogens is 497 g/mol. The van der Waals surface area contributed by atoms with E-state index in [4.69, 9.17) is 32.8 Å². The van der Waals surface area contributed by atoms with Crippen molar-refractivity contribution < 1.29 is 26.4 Å². The van der Waals surface area contributed by atoms with E-state index in [0.717, 1.165) is 30.2 Å². The fourth-order valence-corrected chi connectivity index (χ4v) is 16.3. The third-order valence-corrected chi connectivity index (χ3v) is 16.3. The van der Waals surface area contributed by atoms with Crippen molar-refractivity contribution in [3.8, 4) is 0 Å². The molecule has 4 saturated heterocycles. The van der Waals surface area contributed by atoms with E-state index in [1.165, 1.54) is 6.42 Å². The Morgan fingerprint density at radius 3 is 2.09 bits per heavy atom. The largest absolute Gasteiger partial charge is 0.348 e. The zero-order valence-electron chi connectivity index (χ0n) is 18.7. The molecule has 8 aliphatic rings. The van der Waals surface area contributed by atoms with Crippen molar-refractivity contribution in [3.05, 3.63) is 0 Å². The highest BCUT2D eigenvalue weighted by atomic mass is 35.5. The van der Waals surface area contributed by atoms with Crippen molar-refractivity contribution in [1.29, 1.82) is 0 Å². The van der Waals surface area contributed by atoms with E-state index in [1.54, 1.807) is 0 Å². The quantitative estimate of drug-likeness (QED) is 0.355. The summed E-state index contributed by atoms with van der Waals surface area (Å²) in [5.41, 5.74) is -2.23. The van der Waals surface area contributed by atoms with Gasteiger partial charge in [-0.1, -0.05) is 50.9 Å². The van der Waals surface area contributed by atoms with Crippen LogP contribution in [0.15, 0.2) is 0 Å². The summed E-state index contributed by atoms with van der Waals surface area (Å²) < 4.78 is 53.6. The average molecular weight is 527 g/mol. The van der Waals surface area contributed by atoms with Crippen LogP contribution in [0.4, 0.5) is 0 Å². The smallest absolute Gasteiger partial charge is 0.239 e. The lowest BCUT2D eigenvalue weighted by Gasteiger charge is -2.37. The van der Waals surface area contributed by atoms with Gasteiger partial charge in [0.1, 0.15) is 5.60 Å². The Morgan fingerprint density at radius 2 is 1.56 bits per heavy atom. The number of fused-ring (bicyclic) bond motifs is 2. The summed E-state index contributed by atoms with van der Waals surface area (Å²) in [5, 5.41) is 0. The van der Waals surface area contributed by atoms with Crippen LogP contribution in [0.25, 0.3) is 0 Å². The highest BCUT2D eigenvalue weighted by Crippen LogP contribution is 2.85. The maximum absolute atomic E-state index is 12.1. The van der Waals surface area contributed by atoms with E-state index in [0.29, 0.717) is 11.7 Å². The molecule has 4 heterocycles. The molecule has 4 aliphatic carbocycles. The molecule has 4 saturated carbocycles. The number of halogens is 2. The Bertz CT molecular complexity index is 1190. The molecule has 8 unspecified atom stereocenters. The molecule has 11 heteroatoms. The maximum Gasteiger partial charge on any atom is 0.239 e. The second kappa shape index (κ2) is 5.09. The minimum atomic E-state index is -3.36. The van der Waals surface area contributed by atoms with Gasteiger partial charge in [0.2, 0.25) is 15.7 Å². The molecule has 0 N–H and O–H groups in total. The van der Waals surface area contributed by atoms with E-state index >= 15 is 0 Å². The number of hydrogen-bond acceptors (Lipinski definition) is 6. The second-order valence-corrected chi connectivity index (χ2v) is 17.8. The van der Waals surface area contributed by atoms with Gasteiger partial charge < -0.3 is 4.74 Å². The van der Waals surface area contributed by atoms with Gasteiger partial charge >= 0.3 is 0 Å². The van der Waals surface area contributed by atoms with Crippen molar-refractivity contribution in [2.24, 2.45) is 33.5 Å². The van der Waals surface area contributed by atoms with Crippen LogP contribution < -0.4 is 0 Å². The van der Waals surface area contributed by atoms with Crippen molar-refractivity contribution in [2.45, 2.75) is 80.9 Å². The fraction of sp³-hybridized carbons (Fsp3) is 1.00. The zero-order chi connectivity index (χ0) is 23.2. The lowest BCUT2D eigenvalue weighted by atomic mass is 9.66. The first kappa shape index (κ1) is 21.6. The van der Waals surface area contributed by atoms with Crippen LogP contribution in [-0.4, -0.2) is 53.9 Å². The van der Waals surface area contributed by atoms with E-state index in [2.05, 4.69) is 27.7 Å². The Labute approximate surface area is 199 Å². The van der Waals surface area contributed by atoms with Crippen LogP contribution in [0.5, 0.6) is 0 Å². The molecule has 8 rings (SSSR count). The van der Waals surface area contributed by atoms with Gasteiger partial charge in [-0.3, -0.25) is 4.84 Å². The molecule has 180 valence electrons. The molecule has 0 aromatic carbocycles. The second-order valence-electron chi connectivity index (χ2n) is 12.6. The molecular formula is C21H29Cl2NO6S2. The molecule has 0 radical (unpaired) electrons. The summed E-state index contributed by atoms with van der Waals surface area (Å²) in [5.74, 6) is 1.26. The van der Waals surface area contributed by atoms with Crippen molar-refractivity contribution in [1.82, 2.24) is 4.47 Å². The minimum absolute atomic E-state index is 0.0475. The predicted molar refractivity (Wildman–Crippen MR) is 118 cm³/mol. The van der Waals surface area contributed by atoms with E-state index < -0.39 is 40.8 Å². The fourth-order valence-electron chi connectivity index (χ4n) is 9.70.